The van der Waals surface area contributed by atoms with Crippen LogP contribution >= 0.6 is 0 Å². The predicted octanol–water partition coefficient (Wildman–Crippen LogP) is 1.06. The van der Waals surface area contributed by atoms with Crippen LogP contribution in [0.3, 0.4) is 0 Å². The number of primary amides is 1. The first-order valence-corrected chi connectivity index (χ1v) is 6.35. The molecule has 0 saturated carbocycles. The zero-order chi connectivity index (χ0) is 15.0. The molecule has 1 aromatic rings. The Morgan fingerprint density at radius 2 is 1.90 bits per heavy atom. The highest BCUT2D eigenvalue weighted by atomic mass is 16.2. The monoisotopic (exact) mass is 277 g/mol. The molecule has 0 saturated heterocycles. The van der Waals surface area contributed by atoms with E-state index in [9.17, 15) is 9.59 Å². The molecular formula is C13H19N5O2. The van der Waals surface area contributed by atoms with Crippen molar-refractivity contribution in [3.8, 4) is 0 Å². The molecule has 108 valence electrons. The lowest BCUT2D eigenvalue weighted by molar-refractivity contribution is -0.119. The minimum absolute atomic E-state index is 0.180. The van der Waals surface area contributed by atoms with Gasteiger partial charge in [-0.2, -0.15) is 5.11 Å². The first kappa shape index (κ1) is 15.8. The van der Waals surface area contributed by atoms with Gasteiger partial charge in [0.05, 0.1) is 11.7 Å². The molecule has 0 spiro atoms. The number of carbonyl (C=O) groups is 2. The topological polar surface area (TPSA) is 134 Å². The van der Waals surface area contributed by atoms with Gasteiger partial charge in [-0.1, -0.05) is 0 Å². The van der Waals surface area contributed by atoms with Crippen molar-refractivity contribution < 1.29 is 9.59 Å². The Labute approximate surface area is 117 Å². The van der Waals surface area contributed by atoms with Crippen molar-refractivity contribution in [1.29, 1.82) is 5.53 Å². The Kier molecular flexibility index (Phi) is 6.31. The molecule has 6 N–H and O–H groups in total. The second kappa shape index (κ2) is 8.00. The number of rotatable bonds is 8. The van der Waals surface area contributed by atoms with E-state index in [1.54, 1.807) is 24.3 Å². The zero-order valence-electron chi connectivity index (χ0n) is 11.1. The third-order valence-corrected chi connectivity index (χ3v) is 2.85. The minimum Gasteiger partial charge on any atom is -0.368 e. The summed E-state index contributed by atoms with van der Waals surface area (Å²) in [5.41, 5.74) is 18.4. The highest BCUT2D eigenvalue weighted by Gasteiger charge is 2.08. The maximum Gasteiger partial charge on any atom is 0.251 e. The summed E-state index contributed by atoms with van der Waals surface area (Å²) in [6.07, 6.45) is 1.97. The van der Waals surface area contributed by atoms with Crippen LogP contribution in [0.15, 0.2) is 29.4 Å². The quantitative estimate of drug-likeness (QED) is 0.418. The first-order chi connectivity index (χ1) is 9.54. The van der Waals surface area contributed by atoms with Crippen LogP contribution in [0.25, 0.3) is 0 Å². The molecule has 0 aliphatic rings. The Hall–Kier alpha value is -2.28. The summed E-state index contributed by atoms with van der Waals surface area (Å²) in [6, 6.07) is 5.82. The SMILES string of the molecule is N=Nc1ccc(C(=O)NCCCC[C@@H](N)C(N)=O)cc1. The van der Waals surface area contributed by atoms with Crippen LogP contribution in [0.1, 0.15) is 29.6 Å². The fourth-order valence-electron chi connectivity index (χ4n) is 1.62. The van der Waals surface area contributed by atoms with E-state index in [1.807, 2.05) is 0 Å². The van der Waals surface area contributed by atoms with E-state index >= 15 is 0 Å². The summed E-state index contributed by atoms with van der Waals surface area (Å²) in [5.74, 6) is -0.685. The number of amides is 2. The fourth-order valence-corrected chi connectivity index (χ4v) is 1.62. The van der Waals surface area contributed by atoms with Crippen LogP contribution in [-0.4, -0.2) is 24.4 Å². The molecule has 7 nitrogen and oxygen atoms in total. The predicted molar refractivity (Wildman–Crippen MR) is 74.6 cm³/mol. The molecule has 0 unspecified atom stereocenters. The summed E-state index contributed by atoms with van der Waals surface area (Å²) in [5, 5.41) is 6.02. The van der Waals surface area contributed by atoms with Gasteiger partial charge in [0.15, 0.2) is 0 Å². The standard InChI is InChI=1S/C13H19N5O2/c14-11(12(15)19)3-1-2-8-17-13(20)9-4-6-10(18-16)7-5-9/h4-7,11,16H,1-3,8,14H2,(H2,15,19)(H,17,20)/t11-/m1/s1. The molecule has 0 bridgehead atoms. The number of nitrogens with one attached hydrogen (secondary N) is 2. The summed E-state index contributed by atoms with van der Waals surface area (Å²) < 4.78 is 0. The Morgan fingerprint density at radius 3 is 2.45 bits per heavy atom. The average molecular weight is 277 g/mol. The number of hydrogen-bond donors (Lipinski definition) is 4. The maximum absolute atomic E-state index is 11.8. The average Bonchev–Trinajstić information content (AvgIpc) is 2.46. The van der Waals surface area contributed by atoms with E-state index in [1.165, 1.54) is 0 Å². The number of unbranched alkanes of at least 4 members (excludes halogenated alkanes) is 1. The van der Waals surface area contributed by atoms with E-state index in [-0.39, 0.29) is 5.91 Å². The van der Waals surface area contributed by atoms with Crippen molar-refractivity contribution in [2.24, 2.45) is 16.6 Å². The lowest BCUT2D eigenvalue weighted by Gasteiger charge is -2.08. The fraction of sp³-hybridized carbons (Fsp3) is 0.385. The number of benzene rings is 1. The molecule has 0 radical (unpaired) electrons. The molecule has 0 aliphatic carbocycles. The van der Waals surface area contributed by atoms with Gasteiger partial charge in [-0.15, -0.1) is 0 Å². The molecule has 2 amide bonds. The van der Waals surface area contributed by atoms with Crippen molar-refractivity contribution in [3.05, 3.63) is 29.8 Å². The van der Waals surface area contributed by atoms with E-state index in [0.717, 1.165) is 12.8 Å². The molecule has 7 heteroatoms. The summed E-state index contributed by atoms with van der Waals surface area (Å²) in [4.78, 5) is 22.5. The van der Waals surface area contributed by atoms with Crippen molar-refractivity contribution in [2.45, 2.75) is 25.3 Å². The van der Waals surface area contributed by atoms with Crippen LogP contribution in [-0.2, 0) is 4.79 Å². The van der Waals surface area contributed by atoms with Gasteiger partial charge in [0, 0.05) is 12.1 Å². The first-order valence-electron chi connectivity index (χ1n) is 6.35. The second-order valence-corrected chi connectivity index (χ2v) is 4.42. The van der Waals surface area contributed by atoms with Crippen LogP contribution in [0, 0.1) is 5.53 Å². The highest BCUT2D eigenvalue weighted by molar-refractivity contribution is 5.94. The minimum atomic E-state index is -0.619. The smallest absolute Gasteiger partial charge is 0.251 e. The summed E-state index contributed by atoms with van der Waals surface area (Å²) in [7, 11) is 0. The van der Waals surface area contributed by atoms with Gasteiger partial charge in [-0.25, -0.2) is 5.53 Å². The van der Waals surface area contributed by atoms with E-state index in [0.29, 0.717) is 24.2 Å². The Bertz CT molecular complexity index is 472. The molecule has 20 heavy (non-hydrogen) atoms. The molecule has 0 heterocycles. The Morgan fingerprint density at radius 1 is 1.25 bits per heavy atom. The molecular weight excluding hydrogens is 258 g/mol. The van der Waals surface area contributed by atoms with E-state index in [2.05, 4.69) is 10.4 Å². The van der Waals surface area contributed by atoms with Crippen LogP contribution in [0.5, 0.6) is 0 Å². The Balaban J connectivity index is 2.26. The van der Waals surface area contributed by atoms with Gasteiger partial charge in [0.25, 0.3) is 5.91 Å². The zero-order valence-corrected chi connectivity index (χ0v) is 11.1. The van der Waals surface area contributed by atoms with Gasteiger partial charge in [0.1, 0.15) is 0 Å². The lowest BCUT2D eigenvalue weighted by atomic mass is 10.1. The van der Waals surface area contributed by atoms with Crippen LogP contribution < -0.4 is 16.8 Å². The van der Waals surface area contributed by atoms with Crippen molar-refractivity contribution >= 4 is 17.5 Å². The summed E-state index contributed by atoms with van der Waals surface area (Å²) in [6.45, 7) is 0.509. The van der Waals surface area contributed by atoms with Gasteiger partial charge >= 0.3 is 0 Å². The molecule has 0 fully saturated rings. The van der Waals surface area contributed by atoms with Crippen molar-refractivity contribution in [1.82, 2.24) is 5.32 Å². The van der Waals surface area contributed by atoms with E-state index < -0.39 is 11.9 Å². The van der Waals surface area contributed by atoms with Crippen molar-refractivity contribution in [2.75, 3.05) is 6.54 Å². The maximum atomic E-state index is 11.8. The number of carbonyl (C=O) groups excluding carboxylic acids is 2. The molecule has 0 aliphatic heterocycles. The lowest BCUT2D eigenvalue weighted by Crippen LogP contribution is -2.36. The van der Waals surface area contributed by atoms with Crippen molar-refractivity contribution in [3.63, 3.8) is 0 Å². The molecule has 0 aromatic heterocycles. The van der Waals surface area contributed by atoms with Gasteiger partial charge in [0.2, 0.25) is 5.91 Å². The van der Waals surface area contributed by atoms with Gasteiger partial charge in [-0.05, 0) is 43.5 Å². The van der Waals surface area contributed by atoms with Gasteiger partial charge in [-0.3, -0.25) is 9.59 Å². The normalized spacial score (nSPS) is 11.7. The number of nitrogens with zero attached hydrogens (tertiary/aromatic N) is 1. The third-order valence-electron chi connectivity index (χ3n) is 2.85. The van der Waals surface area contributed by atoms with Crippen LogP contribution in [0.2, 0.25) is 0 Å². The van der Waals surface area contributed by atoms with Crippen LogP contribution in [0.4, 0.5) is 5.69 Å². The highest BCUT2D eigenvalue weighted by Crippen LogP contribution is 2.12. The number of hydrogen-bond acceptors (Lipinski definition) is 5. The van der Waals surface area contributed by atoms with E-state index in [4.69, 9.17) is 17.0 Å². The molecule has 1 atom stereocenters. The third kappa shape index (κ3) is 5.15. The largest absolute Gasteiger partial charge is 0.368 e. The van der Waals surface area contributed by atoms with Gasteiger partial charge < -0.3 is 16.8 Å². The molecule has 1 aromatic carbocycles. The molecule has 1 rings (SSSR count). The second-order valence-electron chi connectivity index (χ2n) is 4.42. The summed E-state index contributed by atoms with van der Waals surface area (Å²) >= 11 is 0. The number of nitrogens with two attached hydrogens (primary N) is 2.